The van der Waals surface area contributed by atoms with Crippen molar-refractivity contribution in [3.05, 3.63) is 23.8 Å². The van der Waals surface area contributed by atoms with Crippen LogP contribution >= 0.6 is 0 Å². The van der Waals surface area contributed by atoms with Crippen molar-refractivity contribution in [3.8, 4) is 5.75 Å². The maximum atomic E-state index is 12.0. The van der Waals surface area contributed by atoms with Crippen LogP contribution in [0.2, 0.25) is 0 Å². The molecule has 0 atom stereocenters. The Hall–Kier alpha value is -1.55. The molecule has 1 saturated carbocycles. The fourth-order valence-electron chi connectivity index (χ4n) is 2.09. The first-order chi connectivity index (χ1) is 8.67. The van der Waals surface area contributed by atoms with E-state index in [1.807, 2.05) is 25.1 Å². The van der Waals surface area contributed by atoms with Crippen molar-refractivity contribution in [2.75, 3.05) is 18.5 Å². The summed E-state index contributed by atoms with van der Waals surface area (Å²) >= 11 is 0. The Balaban J connectivity index is 1.77. The molecule has 0 aromatic heterocycles. The normalized spacial score (nSPS) is 20.3. The average Bonchev–Trinajstić information content (AvgIpc) is 3.13. The van der Waals surface area contributed by atoms with Gasteiger partial charge in [0.25, 0.3) is 0 Å². The number of carbonyl (C=O) groups is 1. The molecule has 0 unspecified atom stereocenters. The van der Waals surface area contributed by atoms with Gasteiger partial charge in [-0.25, -0.2) is 0 Å². The number of ether oxygens (including phenoxy) is 1. The lowest BCUT2D eigenvalue weighted by atomic mass is 10.1. The first-order valence-electron chi connectivity index (χ1n) is 6.45. The summed E-state index contributed by atoms with van der Waals surface area (Å²) in [6.07, 6.45) is 1.99. The molecule has 3 rings (SSSR count). The Morgan fingerprint density at radius 2 is 2.28 bits per heavy atom. The Morgan fingerprint density at radius 1 is 1.44 bits per heavy atom. The van der Waals surface area contributed by atoms with Gasteiger partial charge in [0.2, 0.25) is 5.91 Å². The third-order valence-electron chi connectivity index (χ3n) is 3.72. The highest BCUT2D eigenvalue weighted by atomic mass is 16.5. The summed E-state index contributed by atoms with van der Waals surface area (Å²) < 4.78 is 5.61. The van der Waals surface area contributed by atoms with Crippen molar-refractivity contribution in [1.82, 2.24) is 5.32 Å². The van der Waals surface area contributed by atoms with Gasteiger partial charge in [0.15, 0.2) is 0 Å². The standard InChI is InChI=1S/C14H18N2O2/c1-14(4-5-14)13(17)16-11-2-3-12-10(8-11)9-15-6-7-18-12/h2-3,8,15H,4-7,9H2,1H3,(H,16,17). The number of fused-ring (bicyclic) bond motifs is 1. The fourth-order valence-corrected chi connectivity index (χ4v) is 2.09. The minimum Gasteiger partial charge on any atom is -0.492 e. The Bertz CT molecular complexity index is 481. The van der Waals surface area contributed by atoms with E-state index in [4.69, 9.17) is 4.74 Å². The molecule has 0 bridgehead atoms. The lowest BCUT2D eigenvalue weighted by molar-refractivity contribution is -0.120. The summed E-state index contributed by atoms with van der Waals surface area (Å²) in [5.41, 5.74) is 1.83. The number of amides is 1. The molecule has 4 nitrogen and oxygen atoms in total. The zero-order valence-corrected chi connectivity index (χ0v) is 10.6. The molecule has 2 N–H and O–H groups in total. The Morgan fingerprint density at radius 3 is 3.06 bits per heavy atom. The average molecular weight is 246 g/mol. The topological polar surface area (TPSA) is 50.4 Å². The molecule has 1 amide bonds. The van der Waals surface area contributed by atoms with Gasteiger partial charge in [0.05, 0.1) is 0 Å². The van der Waals surface area contributed by atoms with Crippen LogP contribution in [0.3, 0.4) is 0 Å². The quantitative estimate of drug-likeness (QED) is 0.838. The first kappa shape index (κ1) is 11.5. The molecule has 1 aromatic carbocycles. The highest BCUT2D eigenvalue weighted by molar-refractivity contribution is 5.96. The highest BCUT2D eigenvalue weighted by Gasteiger charge is 2.44. The molecule has 1 fully saturated rings. The van der Waals surface area contributed by atoms with Crippen LogP contribution in [0.15, 0.2) is 18.2 Å². The number of anilines is 1. The van der Waals surface area contributed by atoms with E-state index in [1.165, 1.54) is 0 Å². The molecule has 2 aliphatic rings. The Kier molecular flexibility index (Phi) is 2.74. The van der Waals surface area contributed by atoms with Gasteiger partial charge in [0.1, 0.15) is 12.4 Å². The van der Waals surface area contributed by atoms with Crippen LogP contribution in [0.5, 0.6) is 5.75 Å². The molecule has 0 saturated heterocycles. The number of benzene rings is 1. The van der Waals surface area contributed by atoms with Crippen LogP contribution in [0.1, 0.15) is 25.3 Å². The summed E-state index contributed by atoms with van der Waals surface area (Å²) in [6, 6.07) is 5.85. The summed E-state index contributed by atoms with van der Waals surface area (Å²) in [4.78, 5) is 12.0. The number of hydrogen-bond donors (Lipinski definition) is 2. The molecule has 4 heteroatoms. The van der Waals surface area contributed by atoms with Crippen molar-refractivity contribution in [3.63, 3.8) is 0 Å². The molecule has 0 spiro atoms. The van der Waals surface area contributed by atoms with Gasteiger partial charge in [-0.1, -0.05) is 6.92 Å². The lowest BCUT2D eigenvalue weighted by Crippen LogP contribution is -2.21. The first-order valence-corrected chi connectivity index (χ1v) is 6.45. The van der Waals surface area contributed by atoms with Crippen LogP contribution in [-0.2, 0) is 11.3 Å². The van der Waals surface area contributed by atoms with Gasteiger partial charge >= 0.3 is 0 Å². The summed E-state index contributed by atoms with van der Waals surface area (Å²) in [5, 5.41) is 6.28. The molecule has 1 aliphatic heterocycles. The summed E-state index contributed by atoms with van der Waals surface area (Å²) in [7, 11) is 0. The highest BCUT2D eigenvalue weighted by Crippen LogP contribution is 2.45. The van der Waals surface area contributed by atoms with Crippen molar-refractivity contribution >= 4 is 11.6 Å². The SMILES string of the molecule is CC1(C(=O)Nc2ccc3c(c2)CNCCO3)CC1. The summed E-state index contributed by atoms with van der Waals surface area (Å²) in [5.74, 6) is 1.04. The zero-order chi connectivity index (χ0) is 12.6. The predicted octanol–water partition coefficient (Wildman–Crippen LogP) is 1.91. The van der Waals surface area contributed by atoms with E-state index >= 15 is 0 Å². The van der Waals surface area contributed by atoms with Gasteiger partial charge < -0.3 is 15.4 Å². The molecule has 96 valence electrons. The van der Waals surface area contributed by atoms with Crippen LogP contribution in [0.25, 0.3) is 0 Å². The maximum Gasteiger partial charge on any atom is 0.230 e. The second-order valence-corrected chi connectivity index (χ2v) is 5.36. The third-order valence-corrected chi connectivity index (χ3v) is 3.72. The van der Waals surface area contributed by atoms with Gasteiger partial charge in [-0.3, -0.25) is 4.79 Å². The number of rotatable bonds is 2. The Labute approximate surface area is 107 Å². The minimum absolute atomic E-state index is 0.130. The number of nitrogens with one attached hydrogen (secondary N) is 2. The van der Waals surface area contributed by atoms with Crippen LogP contribution in [0.4, 0.5) is 5.69 Å². The molecule has 18 heavy (non-hydrogen) atoms. The van der Waals surface area contributed by atoms with Crippen molar-refractivity contribution in [2.45, 2.75) is 26.3 Å². The van der Waals surface area contributed by atoms with E-state index in [1.54, 1.807) is 0 Å². The van der Waals surface area contributed by atoms with Crippen molar-refractivity contribution in [1.29, 1.82) is 0 Å². The van der Waals surface area contributed by atoms with E-state index in [2.05, 4.69) is 10.6 Å². The van der Waals surface area contributed by atoms with Crippen LogP contribution < -0.4 is 15.4 Å². The van der Waals surface area contributed by atoms with Crippen LogP contribution in [-0.4, -0.2) is 19.1 Å². The maximum absolute atomic E-state index is 12.0. The van der Waals surface area contributed by atoms with Crippen molar-refractivity contribution in [2.24, 2.45) is 5.41 Å². The van der Waals surface area contributed by atoms with Gasteiger partial charge in [-0.15, -0.1) is 0 Å². The molecule has 1 aliphatic carbocycles. The molecule has 0 radical (unpaired) electrons. The largest absolute Gasteiger partial charge is 0.492 e. The second kappa shape index (κ2) is 4.28. The van der Waals surface area contributed by atoms with Crippen molar-refractivity contribution < 1.29 is 9.53 Å². The summed E-state index contributed by atoms with van der Waals surface area (Å²) in [6.45, 7) is 4.35. The molecule has 1 heterocycles. The zero-order valence-electron chi connectivity index (χ0n) is 10.6. The smallest absolute Gasteiger partial charge is 0.230 e. The van der Waals surface area contributed by atoms with E-state index in [9.17, 15) is 4.79 Å². The van der Waals surface area contributed by atoms with E-state index < -0.39 is 0 Å². The number of hydrogen-bond acceptors (Lipinski definition) is 3. The van der Waals surface area contributed by atoms with Gasteiger partial charge in [-0.05, 0) is 31.0 Å². The fraction of sp³-hybridized carbons (Fsp3) is 0.500. The molecular weight excluding hydrogens is 228 g/mol. The van der Waals surface area contributed by atoms with E-state index in [0.29, 0.717) is 6.61 Å². The van der Waals surface area contributed by atoms with Gasteiger partial charge in [-0.2, -0.15) is 0 Å². The minimum atomic E-state index is -0.137. The lowest BCUT2D eigenvalue weighted by Gasteiger charge is -2.12. The monoisotopic (exact) mass is 246 g/mol. The van der Waals surface area contributed by atoms with Crippen LogP contribution in [0, 0.1) is 5.41 Å². The second-order valence-electron chi connectivity index (χ2n) is 5.36. The predicted molar refractivity (Wildman–Crippen MR) is 69.6 cm³/mol. The molecular formula is C14H18N2O2. The van der Waals surface area contributed by atoms with E-state index in [0.717, 1.165) is 42.9 Å². The third kappa shape index (κ3) is 2.20. The molecule has 1 aromatic rings. The van der Waals surface area contributed by atoms with Gasteiger partial charge in [0, 0.05) is 29.8 Å². The number of carbonyl (C=O) groups excluding carboxylic acids is 1. The van der Waals surface area contributed by atoms with E-state index in [-0.39, 0.29) is 11.3 Å².